The van der Waals surface area contributed by atoms with Crippen LogP contribution in [0.1, 0.15) is 36.5 Å². The van der Waals surface area contributed by atoms with Crippen LogP contribution in [0.3, 0.4) is 0 Å². The minimum atomic E-state index is 0.253. The molecule has 1 nitrogen and oxygen atoms in total. The van der Waals surface area contributed by atoms with E-state index in [2.05, 4.69) is 62.4 Å². The molecule has 4 rings (SSSR count). The van der Waals surface area contributed by atoms with Crippen LogP contribution in [0.25, 0.3) is 10.8 Å². The Bertz CT molecular complexity index is 1020. The van der Waals surface area contributed by atoms with Crippen LogP contribution in [0.2, 0.25) is 0 Å². The summed E-state index contributed by atoms with van der Waals surface area (Å²) in [6.45, 7) is 4.33. The van der Waals surface area contributed by atoms with Crippen LogP contribution >= 0.6 is 0 Å². The summed E-state index contributed by atoms with van der Waals surface area (Å²) in [4.78, 5) is 0. The third kappa shape index (κ3) is 2.83. The van der Waals surface area contributed by atoms with Gasteiger partial charge in [-0.25, -0.2) is 0 Å². The van der Waals surface area contributed by atoms with Crippen molar-refractivity contribution in [3.63, 3.8) is 0 Å². The second-order valence-corrected chi connectivity index (χ2v) is 6.80. The van der Waals surface area contributed by atoms with E-state index in [1.54, 1.807) is 0 Å². The van der Waals surface area contributed by atoms with E-state index >= 15 is 0 Å². The molecule has 0 spiro atoms. The van der Waals surface area contributed by atoms with E-state index in [9.17, 15) is 0 Å². The average Bonchev–Trinajstić information content (AvgIpc) is 2.98. The van der Waals surface area contributed by atoms with Crippen LogP contribution in [0, 0.1) is 5.41 Å². The lowest BCUT2D eigenvalue weighted by atomic mass is 9.85. The molecule has 0 fully saturated rings. The summed E-state index contributed by atoms with van der Waals surface area (Å²) >= 11 is 0. The van der Waals surface area contributed by atoms with Gasteiger partial charge in [-0.05, 0) is 42.3 Å². The lowest BCUT2D eigenvalue weighted by Crippen LogP contribution is -2.08. The molecule has 1 aliphatic carbocycles. The molecule has 1 unspecified atom stereocenters. The molecule has 0 saturated carbocycles. The Morgan fingerprint density at radius 2 is 1.48 bits per heavy atom. The largest absolute Gasteiger partial charge is 0.300 e. The Morgan fingerprint density at radius 1 is 0.840 bits per heavy atom. The van der Waals surface area contributed by atoms with Crippen LogP contribution < -0.4 is 0 Å². The number of hydrogen-bond donors (Lipinski definition) is 1. The molecular formula is C24H21N. The van der Waals surface area contributed by atoms with Gasteiger partial charge in [0, 0.05) is 17.0 Å². The molecule has 1 aliphatic rings. The molecule has 0 saturated heterocycles. The second-order valence-electron chi connectivity index (χ2n) is 6.80. The average molecular weight is 323 g/mol. The molecule has 0 heterocycles. The highest BCUT2D eigenvalue weighted by Crippen LogP contribution is 2.37. The standard InChI is InChI=1S/C24H21N/c1-16-12-17(2)21(13-16)22-14-19-10-6-7-11-20(19)15-23(22)24(25)18-8-4-3-5-9-18/h3-15,21,25H,1-2H3. The first-order valence-electron chi connectivity index (χ1n) is 8.67. The summed E-state index contributed by atoms with van der Waals surface area (Å²) < 4.78 is 0. The summed E-state index contributed by atoms with van der Waals surface area (Å²) in [6, 6.07) is 22.9. The molecule has 0 aliphatic heterocycles. The highest BCUT2D eigenvalue weighted by Gasteiger charge is 2.22. The van der Waals surface area contributed by atoms with Gasteiger partial charge in [-0.3, -0.25) is 5.41 Å². The Morgan fingerprint density at radius 3 is 2.12 bits per heavy atom. The van der Waals surface area contributed by atoms with Crippen LogP contribution in [0.5, 0.6) is 0 Å². The van der Waals surface area contributed by atoms with Crippen molar-refractivity contribution in [1.82, 2.24) is 0 Å². The zero-order valence-corrected chi connectivity index (χ0v) is 14.6. The van der Waals surface area contributed by atoms with Crippen molar-refractivity contribution >= 4 is 16.5 Å². The molecule has 1 N–H and O–H groups in total. The molecular weight excluding hydrogens is 302 g/mol. The third-order valence-corrected chi connectivity index (χ3v) is 4.96. The van der Waals surface area contributed by atoms with E-state index < -0.39 is 0 Å². The predicted molar refractivity (Wildman–Crippen MR) is 107 cm³/mol. The first-order chi connectivity index (χ1) is 12.1. The van der Waals surface area contributed by atoms with Crippen molar-refractivity contribution in [1.29, 1.82) is 5.41 Å². The number of allylic oxidation sites excluding steroid dienone is 4. The molecule has 1 heteroatoms. The van der Waals surface area contributed by atoms with E-state index in [0.717, 1.165) is 11.1 Å². The van der Waals surface area contributed by atoms with Crippen molar-refractivity contribution in [2.45, 2.75) is 19.8 Å². The maximum Gasteiger partial charge on any atom is 0.0687 e. The van der Waals surface area contributed by atoms with Gasteiger partial charge in [0.05, 0.1) is 5.71 Å². The van der Waals surface area contributed by atoms with Gasteiger partial charge < -0.3 is 0 Å². The van der Waals surface area contributed by atoms with Gasteiger partial charge in [0.15, 0.2) is 0 Å². The molecule has 3 aromatic rings. The molecule has 0 aromatic heterocycles. The monoisotopic (exact) mass is 323 g/mol. The van der Waals surface area contributed by atoms with Crippen LogP contribution in [-0.2, 0) is 0 Å². The smallest absolute Gasteiger partial charge is 0.0687 e. The molecule has 3 aromatic carbocycles. The van der Waals surface area contributed by atoms with Crippen LogP contribution in [0.15, 0.2) is 90.0 Å². The first kappa shape index (κ1) is 15.6. The normalized spacial score (nSPS) is 16.6. The quantitative estimate of drug-likeness (QED) is 0.551. The number of nitrogens with one attached hydrogen (secondary N) is 1. The minimum Gasteiger partial charge on any atom is -0.300 e. The fourth-order valence-electron chi connectivity index (χ4n) is 3.72. The van der Waals surface area contributed by atoms with Crippen LogP contribution in [0.4, 0.5) is 0 Å². The summed E-state index contributed by atoms with van der Waals surface area (Å²) in [7, 11) is 0. The highest BCUT2D eigenvalue weighted by molar-refractivity contribution is 6.13. The lowest BCUT2D eigenvalue weighted by Gasteiger charge is -2.18. The number of hydrogen-bond acceptors (Lipinski definition) is 1. The van der Waals surface area contributed by atoms with Crippen molar-refractivity contribution < 1.29 is 0 Å². The van der Waals surface area contributed by atoms with Crippen LogP contribution in [-0.4, -0.2) is 5.71 Å². The Labute approximate surface area is 148 Å². The second kappa shape index (κ2) is 6.18. The van der Waals surface area contributed by atoms with Gasteiger partial charge in [-0.1, -0.05) is 77.9 Å². The molecule has 0 amide bonds. The van der Waals surface area contributed by atoms with Crippen molar-refractivity contribution in [3.8, 4) is 0 Å². The van der Waals surface area contributed by atoms with E-state index in [0.29, 0.717) is 5.71 Å². The summed E-state index contributed by atoms with van der Waals surface area (Å²) in [5.74, 6) is 0.253. The van der Waals surface area contributed by atoms with Gasteiger partial charge in [-0.15, -0.1) is 0 Å². The maximum absolute atomic E-state index is 8.83. The Hall–Kier alpha value is -2.93. The fraction of sp³-hybridized carbons (Fsp3) is 0.125. The van der Waals surface area contributed by atoms with Gasteiger partial charge in [0.2, 0.25) is 0 Å². The zero-order valence-electron chi connectivity index (χ0n) is 14.6. The number of fused-ring (bicyclic) bond motifs is 1. The summed E-state index contributed by atoms with van der Waals surface area (Å²) in [5, 5.41) is 11.2. The topological polar surface area (TPSA) is 23.9 Å². The fourth-order valence-corrected chi connectivity index (χ4v) is 3.72. The number of benzene rings is 3. The summed E-state index contributed by atoms with van der Waals surface area (Å²) in [6.07, 6.45) is 4.55. The molecule has 0 bridgehead atoms. The molecule has 1 atom stereocenters. The zero-order chi connectivity index (χ0) is 17.4. The Balaban J connectivity index is 1.94. The van der Waals surface area contributed by atoms with E-state index in [1.807, 2.05) is 30.3 Å². The number of rotatable bonds is 3. The Kier molecular flexibility index (Phi) is 3.85. The molecule has 25 heavy (non-hydrogen) atoms. The highest BCUT2D eigenvalue weighted by atomic mass is 14.4. The molecule has 122 valence electrons. The lowest BCUT2D eigenvalue weighted by molar-refractivity contribution is 1.01. The first-order valence-corrected chi connectivity index (χ1v) is 8.67. The van der Waals surface area contributed by atoms with E-state index in [-0.39, 0.29) is 5.92 Å². The van der Waals surface area contributed by atoms with Gasteiger partial charge in [0.1, 0.15) is 0 Å². The van der Waals surface area contributed by atoms with Crippen molar-refractivity contribution in [2.24, 2.45) is 0 Å². The minimum absolute atomic E-state index is 0.253. The van der Waals surface area contributed by atoms with Crippen molar-refractivity contribution in [3.05, 3.63) is 107 Å². The summed E-state index contributed by atoms with van der Waals surface area (Å²) in [5.41, 5.74) is 6.43. The maximum atomic E-state index is 8.83. The van der Waals surface area contributed by atoms with E-state index in [4.69, 9.17) is 5.41 Å². The van der Waals surface area contributed by atoms with E-state index in [1.165, 1.54) is 27.5 Å². The van der Waals surface area contributed by atoms with Crippen molar-refractivity contribution in [2.75, 3.05) is 0 Å². The third-order valence-electron chi connectivity index (χ3n) is 4.96. The SMILES string of the molecule is CC1=CC(c2cc3ccccc3cc2C(=N)c2ccccc2)C(C)=C1. The van der Waals surface area contributed by atoms with Gasteiger partial charge in [0.25, 0.3) is 0 Å². The molecule has 0 radical (unpaired) electrons. The predicted octanol–water partition coefficient (Wildman–Crippen LogP) is 6.25. The van der Waals surface area contributed by atoms with Gasteiger partial charge in [-0.2, -0.15) is 0 Å². The van der Waals surface area contributed by atoms with Gasteiger partial charge >= 0.3 is 0 Å².